The molecule has 1 aromatic carbocycles. The van der Waals surface area contributed by atoms with Gasteiger partial charge in [0.05, 0.1) is 9.52 Å². The first-order valence-electron chi connectivity index (χ1n) is 12.1. The minimum atomic E-state index is -1.48. The Hall–Kier alpha value is -0.903. The first kappa shape index (κ1) is 22.8. The molecule has 0 saturated heterocycles. The number of hydrogen-bond acceptors (Lipinski definition) is 1. The minimum Gasteiger partial charge on any atom is -0.490 e. The van der Waals surface area contributed by atoms with Crippen molar-refractivity contribution in [2.75, 3.05) is 6.61 Å². The Bertz CT molecular complexity index is 553. The van der Waals surface area contributed by atoms with Gasteiger partial charge in [-0.1, -0.05) is 69.7 Å². The third-order valence-corrected chi connectivity index (χ3v) is 9.75. The highest BCUT2D eigenvalue weighted by molar-refractivity contribution is 6.37. The maximum Gasteiger partial charge on any atom is 0.161 e. The summed E-state index contributed by atoms with van der Waals surface area (Å²) < 4.78 is 33.9. The number of rotatable bonds is 10. The molecule has 4 heteroatoms. The summed E-state index contributed by atoms with van der Waals surface area (Å²) in [6, 6.07) is 10.1. The van der Waals surface area contributed by atoms with E-state index in [0.29, 0.717) is 11.7 Å². The Balaban J connectivity index is 1.29. The van der Waals surface area contributed by atoms with Crippen molar-refractivity contribution in [1.82, 2.24) is 0 Å². The fraction of sp³-hybridized carbons (Fsp3) is 0.760. The van der Waals surface area contributed by atoms with E-state index in [1.165, 1.54) is 64.2 Å². The second-order valence-electron chi connectivity index (χ2n) is 9.58. The second kappa shape index (κ2) is 12.1. The lowest BCUT2D eigenvalue weighted by Crippen LogP contribution is -2.31. The van der Waals surface area contributed by atoms with Gasteiger partial charge in [-0.15, -0.1) is 0 Å². The van der Waals surface area contributed by atoms with Crippen molar-refractivity contribution in [2.24, 2.45) is 23.7 Å². The molecule has 0 bridgehead atoms. The molecule has 1 nitrogen and oxygen atoms in total. The zero-order chi connectivity index (χ0) is 20.5. The molecule has 3 rings (SSSR count). The summed E-state index contributed by atoms with van der Waals surface area (Å²) >= 11 is 0. The van der Waals surface area contributed by atoms with E-state index in [9.17, 15) is 8.78 Å². The molecule has 0 heterocycles. The average Bonchev–Trinajstić information content (AvgIpc) is 2.77. The number of alkyl halides is 2. The van der Waals surface area contributed by atoms with E-state index >= 15 is 0 Å². The van der Waals surface area contributed by atoms with Crippen molar-refractivity contribution in [3.05, 3.63) is 30.3 Å². The van der Waals surface area contributed by atoms with Crippen LogP contribution in [0.2, 0.25) is 6.04 Å². The number of hydrogen-bond donors (Lipinski definition) is 0. The lowest BCUT2D eigenvalue weighted by molar-refractivity contribution is 0.141. The standard InChI is InChI=1S/C25H40F2OSi/c1-2-6-19-9-13-21(14-10-19)22-15-11-20(12-16-22)18-29-25(27)24(26)17-28-23-7-4-3-5-8-23/h3-5,7-8,19-22,24-25H,2,6,9-18,29H2,1H3. The molecular formula is C25H40F2OSi. The highest BCUT2D eigenvalue weighted by Gasteiger charge is 2.31. The summed E-state index contributed by atoms with van der Waals surface area (Å²) in [5.74, 6) is 2.83. The molecular weight excluding hydrogens is 382 g/mol. The van der Waals surface area contributed by atoms with Gasteiger partial charge in [-0.2, -0.15) is 0 Å². The van der Waals surface area contributed by atoms with Gasteiger partial charge in [-0.25, -0.2) is 8.78 Å². The Morgan fingerprint density at radius 2 is 1.48 bits per heavy atom. The zero-order valence-electron chi connectivity index (χ0n) is 18.2. The van der Waals surface area contributed by atoms with Crippen LogP contribution >= 0.6 is 0 Å². The van der Waals surface area contributed by atoms with Crippen molar-refractivity contribution >= 4 is 9.52 Å². The van der Waals surface area contributed by atoms with Crippen molar-refractivity contribution < 1.29 is 13.5 Å². The van der Waals surface area contributed by atoms with Gasteiger partial charge in [0.25, 0.3) is 0 Å². The molecule has 2 saturated carbocycles. The summed E-state index contributed by atoms with van der Waals surface area (Å²) in [7, 11) is -1.03. The maximum atomic E-state index is 14.3. The molecule has 1 aromatic rings. The van der Waals surface area contributed by atoms with Crippen LogP contribution in [-0.4, -0.2) is 28.1 Å². The predicted octanol–water partition coefficient (Wildman–Crippen LogP) is 6.70. The summed E-state index contributed by atoms with van der Waals surface area (Å²) in [5, 5.41) is 0. The first-order valence-corrected chi connectivity index (χ1v) is 13.9. The molecule has 0 aromatic heterocycles. The molecule has 0 spiro atoms. The molecule has 0 radical (unpaired) electrons. The van der Waals surface area contributed by atoms with E-state index < -0.39 is 21.5 Å². The zero-order valence-corrected chi connectivity index (χ0v) is 19.6. The van der Waals surface area contributed by atoms with Crippen molar-refractivity contribution in [3.8, 4) is 5.75 Å². The fourth-order valence-corrected chi connectivity index (χ4v) is 7.54. The van der Waals surface area contributed by atoms with Crippen molar-refractivity contribution in [3.63, 3.8) is 0 Å². The molecule has 2 aliphatic carbocycles. The van der Waals surface area contributed by atoms with E-state index in [2.05, 4.69) is 6.92 Å². The van der Waals surface area contributed by atoms with Gasteiger partial charge in [-0.05, 0) is 61.5 Å². The number of para-hydroxylation sites is 1. The fourth-order valence-electron chi connectivity index (χ4n) is 5.68. The molecule has 2 atom stereocenters. The van der Waals surface area contributed by atoms with E-state index in [1.54, 1.807) is 12.1 Å². The molecule has 0 amide bonds. The molecule has 0 aliphatic heterocycles. The Morgan fingerprint density at radius 1 is 0.897 bits per heavy atom. The van der Waals surface area contributed by atoms with Gasteiger partial charge in [0.2, 0.25) is 0 Å². The lowest BCUT2D eigenvalue weighted by Gasteiger charge is -2.38. The van der Waals surface area contributed by atoms with Crippen LogP contribution in [0.3, 0.4) is 0 Å². The van der Waals surface area contributed by atoms with Crippen LogP contribution in [0.1, 0.15) is 71.1 Å². The van der Waals surface area contributed by atoms with Gasteiger partial charge in [0.15, 0.2) is 6.17 Å². The van der Waals surface area contributed by atoms with E-state index in [0.717, 1.165) is 23.8 Å². The highest BCUT2D eigenvalue weighted by atomic mass is 28.2. The summed E-state index contributed by atoms with van der Waals surface area (Å²) in [4.78, 5) is 0. The van der Waals surface area contributed by atoms with Crippen LogP contribution in [0, 0.1) is 23.7 Å². The average molecular weight is 423 g/mol. The van der Waals surface area contributed by atoms with Crippen LogP contribution < -0.4 is 4.74 Å². The molecule has 29 heavy (non-hydrogen) atoms. The first-order chi connectivity index (χ1) is 14.2. The number of benzene rings is 1. The largest absolute Gasteiger partial charge is 0.490 e. The monoisotopic (exact) mass is 422 g/mol. The summed E-state index contributed by atoms with van der Waals surface area (Å²) in [6.07, 6.45) is 12.2. The van der Waals surface area contributed by atoms with Crippen LogP contribution in [0.25, 0.3) is 0 Å². The second-order valence-corrected chi connectivity index (χ2v) is 11.5. The van der Waals surface area contributed by atoms with Gasteiger partial charge in [0, 0.05) is 0 Å². The van der Waals surface area contributed by atoms with Gasteiger partial charge in [0.1, 0.15) is 18.2 Å². The summed E-state index contributed by atoms with van der Waals surface area (Å²) in [5.41, 5.74) is 0. The third-order valence-electron chi connectivity index (χ3n) is 7.54. The minimum absolute atomic E-state index is 0.161. The predicted molar refractivity (Wildman–Crippen MR) is 121 cm³/mol. The van der Waals surface area contributed by atoms with Gasteiger partial charge >= 0.3 is 0 Å². The molecule has 164 valence electrons. The Kier molecular flexibility index (Phi) is 9.48. The molecule has 2 unspecified atom stereocenters. The number of halogens is 2. The normalized spacial score (nSPS) is 30.3. The van der Waals surface area contributed by atoms with E-state index in [-0.39, 0.29) is 6.61 Å². The molecule has 0 N–H and O–H groups in total. The quantitative estimate of drug-likeness (QED) is 0.381. The van der Waals surface area contributed by atoms with Gasteiger partial charge in [-0.3, -0.25) is 0 Å². The SMILES string of the molecule is CCCC1CCC(C2CCC(C[SiH2]C(F)C(F)COc3ccccc3)CC2)CC1. The Morgan fingerprint density at radius 3 is 2.07 bits per heavy atom. The molecule has 2 aliphatic rings. The topological polar surface area (TPSA) is 9.23 Å². The van der Waals surface area contributed by atoms with Crippen molar-refractivity contribution in [1.29, 1.82) is 0 Å². The number of ether oxygens (including phenoxy) is 1. The smallest absolute Gasteiger partial charge is 0.161 e. The van der Waals surface area contributed by atoms with E-state index in [4.69, 9.17) is 4.74 Å². The molecule has 2 fully saturated rings. The highest BCUT2D eigenvalue weighted by Crippen LogP contribution is 2.42. The van der Waals surface area contributed by atoms with Crippen LogP contribution in [0.5, 0.6) is 5.75 Å². The van der Waals surface area contributed by atoms with Crippen molar-refractivity contribution in [2.45, 2.75) is 89.1 Å². The van der Waals surface area contributed by atoms with Gasteiger partial charge < -0.3 is 4.74 Å². The summed E-state index contributed by atoms with van der Waals surface area (Å²) in [6.45, 7) is 2.14. The van der Waals surface area contributed by atoms with Crippen LogP contribution in [0.4, 0.5) is 8.78 Å². The lowest BCUT2D eigenvalue weighted by atomic mass is 9.69. The van der Waals surface area contributed by atoms with E-state index in [1.807, 2.05) is 18.2 Å². The maximum absolute atomic E-state index is 14.3. The Labute approximate surface area is 178 Å². The third kappa shape index (κ3) is 7.38. The van der Waals surface area contributed by atoms with Crippen LogP contribution in [0.15, 0.2) is 30.3 Å². The van der Waals surface area contributed by atoms with Crippen LogP contribution in [-0.2, 0) is 0 Å².